The van der Waals surface area contributed by atoms with Crippen LogP contribution >= 0.6 is 15.2 Å². The minimum Gasteiger partial charge on any atom is -0.394 e. The van der Waals surface area contributed by atoms with E-state index in [0.29, 0.717) is 12.3 Å². The van der Waals surface area contributed by atoms with Gasteiger partial charge in [0, 0.05) is 12.3 Å². The van der Waals surface area contributed by atoms with Gasteiger partial charge in [-0.1, -0.05) is 0 Å². The van der Waals surface area contributed by atoms with Crippen LogP contribution in [0.15, 0.2) is 21.9 Å². The Hall–Kier alpha value is -1.71. The van der Waals surface area contributed by atoms with Gasteiger partial charge in [0.1, 0.15) is 36.6 Å². The molecule has 2 heterocycles. The standard InChI is InChI=1S/C9H14N2O12P2.C6H12O6/c12-3-4-6(14)8(16,24(17,18)19)9(23-4,25(20,21)22)11-2-1-5(13)10-7(11)15;7-1-3(9)5(11)6(12)4(10)2-8/h1-2,4,6,12,14,16H,3H2,(H,10,13,15)(H2,17,18,19)(H2,20,21,22);1,3-6,8-12H,2H2/t4-,6-,8+,9+;/m1./s1. The van der Waals surface area contributed by atoms with E-state index in [0.717, 1.165) is 0 Å². The topological polar surface area (TPSA) is 358 Å². The molecule has 0 spiro atoms. The summed E-state index contributed by atoms with van der Waals surface area (Å²) in [5, 5.41) is 69.1. The average molecular weight is 584 g/mol. The maximum absolute atomic E-state index is 12.1. The Morgan fingerprint density at radius 3 is 1.97 bits per heavy atom. The van der Waals surface area contributed by atoms with E-state index in [9.17, 15) is 53.3 Å². The molecular formula is C15H26N2O18P2. The zero-order valence-electron chi connectivity index (χ0n) is 18.3. The molecular weight excluding hydrogens is 558 g/mol. The number of carbonyl (C=O) groups excluding carboxylic acids is 1. The van der Waals surface area contributed by atoms with Crippen LogP contribution in [-0.2, 0) is 24.1 Å². The van der Waals surface area contributed by atoms with Crippen molar-refractivity contribution in [3.63, 3.8) is 0 Å². The molecule has 2 rings (SSSR count). The first kappa shape index (κ1) is 33.3. The van der Waals surface area contributed by atoms with E-state index < -0.39 is 87.1 Å². The number of aliphatic hydroxyl groups excluding tert-OH is 7. The number of aromatic amines is 1. The Morgan fingerprint density at radius 1 is 1.05 bits per heavy atom. The first-order chi connectivity index (χ1) is 16.8. The number of carbonyl (C=O) groups is 1. The molecule has 214 valence electrons. The van der Waals surface area contributed by atoms with E-state index >= 15 is 0 Å². The second-order valence-corrected chi connectivity index (χ2v) is 11.0. The average Bonchev–Trinajstić information content (AvgIpc) is 3.06. The van der Waals surface area contributed by atoms with Crippen LogP contribution in [0.2, 0.25) is 0 Å². The van der Waals surface area contributed by atoms with Crippen LogP contribution in [0.3, 0.4) is 0 Å². The molecule has 0 bridgehead atoms. The van der Waals surface area contributed by atoms with Gasteiger partial charge < -0.3 is 70.0 Å². The van der Waals surface area contributed by atoms with Crippen LogP contribution in [0.25, 0.3) is 0 Å². The summed E-state index contributed by atoms with van der Waals surface area (Å²) >= 11 is 0. The van der Waals surface area contributed by atoms with Crippen molar-refractivity contribution in [3.05, 3.63) is 33.1 Å². The third-order valence-corrected chi connectivity index (χ3v) is 8.23. The molecule has 13 N–H and O–H groups in total. The summed E-state index contributed by atoms with van der Waals surface area (Å²) in [7, 11) is -12.0. The van der Waals surface area contributed by atoms with Crippen molar-refractivity contribution in [2.24, 2.45) is 0 Å². The van der Waals surface area contributed by atoms with Crippen molar-refractivity contribution in [3.8, 4) is 0 Å². The fraction of sp³-hybridized carbons (Fsp3) is 0.667. The predicted octanol–water partition coefficient (Wildman–Crippen LogP) is -7.44. The summed E-state index contributed by atoms with van der Waals surface area (Å²) in [6, 6.07) is 0.556. The summed E-state index contributed by atoms with van der Waals surface area (Å²) in [5.41, 5.74) is -6.46. The fourth-order valence-electron chi connectivity index (χ4n) is 3.24. The molecule has 0 saturated carbocycles. The lowest BCUT2D eigenvalue weighted by molar-refractivity contribution is -0.136. The molecule has 37 heavy (non-hydrogen) atoms. The Kier molecular flexibility index (Phi) is 10.8. The molecule has 1 aliphatic heterocycles. The molecule has 0 amide bonds. The molecule has 8 atom stereocenters. The normalized spacial score (nSPS) is 29.5. The molecule has 1 aliphatic rings. The predicted molar refractivity (Wildman–Crippen MR) is 113 cm³/mol. The first-order valence-corrected chi connectivity index (χ1v) is 12.9. The third-order valence-electron chi connectivity index (χ3n) is 5.15. The Balaban J connectivity index is 0.000000482. The molecule has 0 aliphatic carbocycles. The fourth-order valence-corrected chi connectivity index (χ4v) is 6.35. The van der Waals surface area contributed by atoms with Crippen LogP contribution in [0.1, 0.15) is 0 Å². The van der Waals surface area contributed by atoms with Crippen molar-refractivity contribution in [2.75, 3.05) is 13.2 Å². The molecule has 20 nitrogen and oxygen atoms in total. The molecule has 0 radical (unpaired) electrons. The Bertz CT molecular complexity index is 1140. The van der Waals surface area contributed by atoms with Gasteiger partial charge in [0.25, 0.3) is 16.4 Å². The number of aliphatic hydroxyl groups is 8. The van der Waals surface area contributed by atoms with E-state index in [-0.39, 0.29) is 10.9 Å². The largest absolute Gasteiger partial charge is 0.394 e. The summed E-state index contributed by atoms with van der Waals surface area (Å²) in [6.45, 7) is -1.98. The number of aromatic nitrogens is 2. The number of hydrogen-bond acceptors (Lipinski definition) is 14. The van der Waals surface area contributed by atoms with Crippen LogP contribution < -0.4 is 11.2 Å². The van der Waals surface area contributed by atoms with Gasteiger partial charge in [0.15, 0.2) is 6.29 Å². The molecule has 4 unspecified atom stereocenters. The number of hydrogen-bond donors (Lipinski definition) is 13. The van der Waals surface area contributed by atoms with E-state index in [4.69, 9.17) is 35.4 Å². The Morgan fingerprint density at radius 2 is 1.59 bits per heavy atom. The van der Waals surface area contributed by atoms with E-state index in [1.54, 1.807) is 4.98 Å². The van der Waals surface area contributed by atoms with E-state index in [1.807, 2.05) is 0 Å². The maximum Gasteiger partial charge on any atom is 0.382 e. The molecule has 1 aromatic heterocycles. The zero-order chi connectivity index (χ0) is 29.1. The molecule has 0 aromatic carbocycles. The lowest BCUT2D eigenvalue weighted by Crippen LogP contribution is -2.60. The van der Waals surface area contributed by atoms with Gasteiger partial charge in [-0.05, 0) is 0 Å². The van der Waals surface area contributed by atoms with Crippen molar-refractivity contribution >= 4 is 21.5 Å². The monoisotopic (exact) mass is 584 g/mol. The second-order valence-electron chi connectivity index (χ2n) is 7.54. The maximum atomic E-state index is 12.1. The van der Waals surface area contributed by atoms with Gasteiger partial charge in [-0.15, -0.1) is 0 Å². The number of H-pyrrole nitrogens is 1. The molecule has 22 heteroatoms. The van der Waals surface area contributed by atoms with Gasteiger partial charge in [0.05, 0.1) is 13.2 Å². The summed E-state index contributed by atoms with van der Waals surface area (Å²) in [6.07, 6.45) is -11.2. The van der Waals surface area contributed by atoms with Gasteiger partial charge in [0.2, 0.25) is 0 Å². The van der Waals surface area contributed by atoms with Crippen LogP contribution in [0, 0.1) is 0 Å². The lowest BCUT2D eigenvalue weighted by Gasteiger charge is -2.41. The second kappa shape index (κ2) is 12.0. The summed E-state index contributed by atoms with van der Waals surface area (Å²) in [5.74, 6) is 0. The quantitative estimate of drug-likeness (QED) is 0.0946. The minimum absolute atomic E-state index is 0.0258. The van der Waals surface area contributed by atoms with Gasteiger partial charge in [-0.2, -0.15) is 0 Å². The highest BCUT2D eigenvalue weighted by molar-refractivity contribution is 7.57. The molecule has 1 aromatic rings. The number of aldehydes is 1. The smallest absolute Gasteiger partial charge is 0.382 e. The highest BCUT2D eigenvalue weighted by atomic mass is 31.2. The van der Waals surface area contributed by atoms with Crippen LogP contribution in [-0.4, -0.2) is 131 Å². The van der Waals surface area contributed by atoms with Gasteiger partial charge >= 0.3 is 20.9 Å². The number of rotatable bonds is 9. The van der Waals surface area contributed by atoms with Crippen LogP contribution in [0.4, 0.5) is 0 Å². The van der Waals surface area contributed by atoms with Gasteiger partial charge in [-0.3, -0.25) is 23.5 Å². The highest BCUT2D eigenvalue weighted by Crippen LogP contribution is 2.73. The van der Waals surface area contributed by atoms with E-state index in [1.165, 1.54) is 0 Å². The third kappa shape index (κ3) is 5.98. The molecule has 1 saturated heterocycles. The van der Waals surface area contributed by atoms with Crippen molar-refractivity contribution in [1.29, 1.82) is 0 Å². The summed E-state index contributed by atoms with van der Waals surface area (Å²) < 4.78 is 28.5. The Labute approximate surface area is 204 Å². The van der Waals surface area contributed by atoms with Crippen molar-refractivity contribution in [2.45, 2.75) is 47.4 Å². The molecule has 1 fully saturated rings. The minimum atomic E-state index is -6.02. The SMILES string of the molecule is O=CC(O)C(O)C(O)C(O)CO.O=c1ccn([C@]2(P(=O)(O)O)O[C@H](CO)[C@@H](O)[C@]2(O)P(=O)(O)O)c(=O)[nH]1. The zero-order valence-corrected chi connectivity index (χ0v) is 20.1. The number of nitrogens with zero attached hydrogens (tertiary/aromatic N) is 1. The van der Waals surface area contributed by atoms with Crippen molar-refractivity contribution in [1.82, 2.24) is 9.55 Å². The number of nitrogens with one attached hydrogen (secondary N) is 1. The van der Waals surface area contributed by atoms with E-state index in [2.05, 4.69) is 0 Å². The highest BCUT2D eigenvalue weighted by Gasteiger charge is 2.81. The van der Waals surface area contributed by atoms with Crippen LogP contribution in [0.5, 0.6) is 0 Å². The summed E-state index contributed by atoms with van der Waals surface area (Å²) in [4.78, 5) is 72.9. The first-order valence-electron chi connectivity index (χ1n) is 9.69. The van der Waals surface area contributed by atoms with Crippen molar-refractivity contribution < 1.29 is 79.1 Å². The van der Waals surface area contributed by atoms with Gasteiger partial charge in [-0.25, -0.2) is 4.79 Å². The lowest BCUT2D eigenvalue weighted by atomic mass is 10.0. The number of ether oxygens (including phenoxy) is 1.